The monoisotopic (exact) mass is 364 g/mol. The van der Waals surface area contributed by atoms with Gasteiger partial charge >= 0.3 is 0 Å². The highest BCUT2D eigenvalue weighted by molar-refractivity contribution is 5.95. The summed E-state index contributed by atoms with van der Waals surface area (Å²) in [6.07, 6.45) is 4.83. The van der Waals surface area contributed by atoms with E-state index in [1.54, 1.807) is 6.08 Å². The lowest BCUT2D eigenvalue weighted by atomic mass is 10.2. The number of nitrogens with zero attached hydrogens (tertiary/aromatic N) is 1. The van der Waals surface area contributed by atoms with Gasteiger partial charge in [-0.05, 0) is 54.8 Å². The van der Waals surface area contributed by atoms with Crippen LogP contribution in [0.2, 0.25) is 0 Å². The Morgan fingerprint density at radius 3 is 2.52 bits per heavy atom. The van der Waals surface area contributed by atoms with Gasteiger partial charge in [0.1, 0.15) is 5.75 Å². The minimum absolute atomic E-state index is 0.150. The van der Waals surface area contributed by atoms with Crippen LogP contribution in [0.15, 0.2) is 54.6 Å². The zero-order chi connectivity index (χ0) is 19.1. The predicted octanol–water partition coefficient (Wildman–Crippen LogP) is 3.54. The first kappa shape index (κ1) is 18.7. The van der Waals surface area contributed by atoms with E-state index < -0.39 is 0 Å². The Morgan fingerprint density at radius 1 is 1.15 bits per heavy atom. The van der Waals surface area contributed by atoms with E-state index in [1.165, 1.54) is 6.08 Å². The molecular formula is C22H24N2O3. The second kappa shape index (κ2) is 9.03. The molecule has 1 aliphatic rings. The molecule has 0 atom stereocenters. The molecule has 1 fully saturated rings. The molecule has 0 bridgehead atoms. The van der Waals surface area contributed by atoms with Crippen molar-refractivity contribution in [1.82, 2.24) is 5.32 Å². The average Bonchev–Trinajstić information content (AvgIpc) is 3.12. The van der Waals surface area contributed by atoms with E-state index in [4.69, 9.17) is 4.74 Å². The molecule has 5 nitrogen and oxygen atoms in total. The molecule has 1 N–H and O–H groups in total. The van der Waals surface area contributed by atoms with Crippen LogP contribution >= 0.6 is 0 Å². The Kier molecular flexibility index (Phi) is 6.26. The van der Waals surface area contributed by atoms with E-state index in [2.05, 4.69) is 5.32 Å². The van der Waals surface area contributed by atoms with E-state index >= 15 is 0 Å². The highest BCUT2D eigenvalue weighted by atomic mass is 16.5. The van der Waals surface area contributed by atoms with Crippen LogP contribution in [0.3, 0.4) is 0 Å². The topological polar surface area (TPSA) is 58.6 Å². The van der Waals surface area contributed by atoms with Gasteiger partial charge in [-0.25, -0.2) is 0 Å². The molecule has 1 saturated heterocycles. The molecule has 1 heterocycles. The largest absolute Gasteiger partial charge is 0.494 e. The number of carbonyl (C=O) groups excluding carboxylic acids is 2. The zero-order valence-electron chi connectivity index (χ0n) is 15.5. The number of benzene rings is 2. The summed E-state index contributed by atoms with van der Waals surface area (Å²) in [4.78, 5) is 25.6. The fourth-order valence-electron chi connectivity index (χ4n) is 2.98. The highest BCUT2D eigenvalue weighted by Crippen LogP contribution is 2.21. The molecule has 3 rings (SSSR count). The molecule has 140 valence electrons. The first-order valence-electron chi connectivity index (χ1n) is 9.24. The number of carbonyl (C=O) groups is 2. The van der Waals surface area contributed by atoms with Gasteiger partial charge in [0.05, 0.1) is 6.61 Å². The molecule has 5 heteroatoms. The Hall–Kier alpha value is -3.08. The second-order valence-electron chi connectivity index (χ2n) is 6.37. The first-order chi connectivity index (χ1) is 13.2. The van der Waals surface area contributed by atoms with Crippen LogP contribution in [-0.4, -0.2) is 25.0 Å². The van der Waals surface area contributed by atoms with E-state index in [0.29, 0.717) is 19.6 Å². The van der Waals surface area contributed by atoms with Crippen LogP contribution in [0.5, 0.6) is 5.75 Å². The smallest absolute Gasteiger partial charge is 0.244 e. The molecule has 0 spiro atoms. The number of hydrogen-bond acceptors (Lipinski definition) is 3. The van der Waals surface area contributed by atoms with Gasteiger partial charge in [0, 0.05) is 31.3 Å². The third-order valence-electron chi connectivity index (χ3n) is 4.41. The van der Waals surface area contributed by atoms with Crippen LogP contribution < -0.4 is 15.0 Å². The lowest BCUT2D eigenvalue weighted by Crippen LogP contribution is -2.23. The minimum Gasteiger partial charge on any atom is -0.494 e. The maximum absolute atomic E-state index is 12.0. The molecule has 0 saturated carbocycles. The average molecular weight is 364 g/mol. The number of hydrogen-bond donors (Lipinski definition) is 1. The molecule has 2 aromatic carbocycles. The first-order valence-corrected chi connectivity index (χ1v) is 9.24. The van der Waals surface area contributed by atoms with Crippen LogP contribution in [0.25, 0.3) is 6.08 Å². The summed E-state index contributed by atoms with van der Waals surface area (Å²) in [5.41, 5.74) is 2.85. The predicted molar refractivity (Wildman–Crippen MR) is 107 cm³/mol. The SMILES string of the molecule is CCOc1ccc(/C=C/C(=O)NCc2ccc(N3CCCC3=O)cc2)cc1. The van der Waals surface area contributed by atoms with E-state index in [-0.39, 0.29) is 11.8 Å². The third-order valence-corrected chi connectivity index (χ3v) is 4.41. The van der Waals surface area contributed by atoms with Gasteiger partial charge in [0.2, 0.25) is 11.8 Å². The van der Waals surface area contributed by atoms with Gasteiger partial charge in [0.15, 0.2) is 0 Å². The summed E-state index contributed by atoms with van der Waals surface area (Å²) in [6, 6.07) is 15.3. The standard InChI is InChI=1S/C22H24N2O3/c1-2-27-20-12-7-17(8-13-20)9-14-21(25)23-16-18-5-10-19(11-6-18)24-15-3-4-22(24)26/h5-14H,2-4,15-16H2,1H3,(H,23,25)/b14-9+. The number of anilines is 1. The fourth-order valence-corrected chi connectivity index (χ4v) is 2.98. The summed E-state index contributed by atoms with van der Waals surface area (Å²) in [5.74, 6) is 0.844. The van der Waals surface area contributed by atoms with Crippen molar-refractivity contribution in [2.24, 2.45) is 0 Å². The van der Waals surface area contributed by atoms with Crippen LogP contribution in [0.1, 0.15) is 30.9 Å². The van der Waals surface area contributed by atoms with Gasteiger partial charge in [-0.2, -0.15) is 0 Å². The van der Waals surface area contributed by atoms with Crippen LogP contribution in [0, 0.1) is 0 Å². The van der Waals surface area contributed by atoms with Crippen LogP contribution in [-0.2, 0) is 16.1 Å². The normalized spacial score (nSPS) is 14.0. The van der Waals surface area contributed by atoms with Gasteiger partial charge in [-0.15, -0.1) is 0 Å². The highest BCUT2D eigenvalue weighted by Gasteiger charge is 2.21. The molecular weight excluding hydrogens is 340 g/mol. The van der Waals surface area contributed by atoms with Gasteiger partial charge in [-0.1, -0.05) is 24.3 Å². The lowest BCUT2D eigenvalue weighted by Gasteiger charge is -2.15. The van der Waals surface area contributed by atoms with Crippen molar-refractivity contribution >= 4 is 23.6 Å². The molecule has 0 aliphatic carbocycles. The van der Waals surface area contributed by atoms with Crippen molar-refractivity contribution in [2.75, 3.05) is 18.1 Å². The Morgan fingerprint density at radius 2 is 1.89 bits per heavy atom. The second-order valence-corrected chi connectivity index (χ2v) is 6.37. The number of ether oxygens (including phenoxy) is 1. The summed E-state index contributed by atoms with van der Waals surface area (Å²) in [7, 11) is 0. The van der Waals surface area contributed by atoms with Crippen molar-refractivity contribution in [3.8, 4) is 5.75 Å². The van der Waals surface area contributed by atoms with Crippen molar-refractivity contribution in [2.45, 2.75) is 26.3 Å². The lowest BCUT2D eigenvalue weighted by molar-refractivity contribution is -0.117. The Balaban J connectivity index is 1.49. The van der Waals surface area contributed by atoms with Gasteiger partial charge < -0.3 is 15.0 Å². The van der Waals surface area contributed by atoms with Gasteiger partial charge in [0.25, 0.3) is 0 Å². The fraction of sp³-hybridized carbons (Fsp3) is 0.273. The third kappa shape index (κ3) is 5.20. The zero-order valence-corrected chi connectivity index (χ0v) is 15.5. The Labute approximate surface area is 159 Å². The van der Waals surface area contributed by atoms with E-state index in [1.807, 2.05) is 60.4 Å². The van der Waals surface area contributed by atoms with Gasteiger partial charge in [-0.3, -0.25) is 9.59 Å². The minimum atomic E-state index is -0.150. The summed E-state index contributed by atoms with van der Waals surface area (Å²) < 4.78 is 5.40. The molecule has 0 unspecified atom stereocenters. The van der Waals surface area contributed by atoms with Crippen molar-refractivity contribution < 1.29 is 14.3 Å². The number of nitrogens with one attached hydrogen (secondary N) is 1. The summed E-state index contributed by atoms with van der Waals surface area (Å²) in [5, 5.41) is 2.87. The van der Waals surface area contributed by atoms with Crippen molar-refractivity contribution in [1.29, 1.82) is 0 Å². The quantitative estimate of drug-likeness (QED) is 0.765. The van der Waals surface area contributed by atoms with Crippen LogP contribution in [0.4, 0.5) is 5.69 Å². The molecule has 0 radical (unpaired) electrons. The van der Waals surface area contributed by atoms with E-state index in [0.717, 1.165) is 35.5 Å². The molecule has 27 heavy (non-hydrogen) atoms. The maximum atomic E-state index is 12.0. The summed E-state index contributed by atoms with van der Waals surface area (Å²) in [6.45, 7) is 3.80. The van der Waals surface area contributed by atoms with Crippen molar-refractivity contribution in [3.05, 3.63) is 65.7 Å². The molecule has 2 aromatic rings. The van der Waals surface area contributed by atoms with Crippen molar-refractivity contribution in [3.63, 3.8) is 0 Å². The molecule has 1 aliphatic heterocycles. The maximum Gasteiger partial charge on any atom is 0.244 e. The number of amides is 2. The van der Waals surface area contributed by atoms with E-state index in [9.17, 15) is 9.59 Å². The molecule has 0 aromatic heterocycles. The molecule has 2 amide bonds. The Bertz CT molecular complexity index is 810. The number of rotatable bonds is 7. The summed E-state index contributed by atoms with van der Waals surface area (Å²) >= 11 is 0.